The maximum Gasteiger partial charge on any atom is 0.342 e. The van der Waals surface area contributed by atoms with Crippen LogP contribution in [0.4, 0.5) is 0 Å². The van der Waals surface area contributed by atoms with Crippen LogP contribution in [0.2, 0.25) is 0 Å². The summed E-state index contributed by atoms with van der Waals surface area (Å²) in [5.41, 5.74) is -4.59. The highest BCUT2D eigenvalue weighted by Crippen LogP contribution is 2.54. The Balaban J connectivity index is 1.83. The van der Waals surface area contributed by atoms with E-state index in [0.29, 0.717) is 12.0 Å². The fourth-order valence-electron chi connectivity index (χ4n) is 5.08. The third-order valence-corrected chi connectivity index (χ3v) is 6.88. The van der Waals surface area contributed by atoms with Gasteiger partial charge in [-0.15, -0.1) is 0 Å². The minimum atomic E-state index is -3.36. The van der Waals surface area contributed by atoms with Gasteiger partial charge >= 0.3 is 23.9 Å². The molecule has 1 aromatic carbocycles. The monoisotopic (exact) mass is 506 g/mol. The zero-order valence-electron chi connectivity index (χ0n) is 20.0. The predicted octanol–water partition coefficient (Wildman–Crippen LogP) is 1.76. The number of rotatable bonds is 11. The van der Waals surface area contributed by atoms with Crippen molar-refractivity contribution in [2.45, 2.75) is 75.1 Å². The number of fused-ring (bicyclic) bond motifs is 2. The number of carboxylic acids is 3. The summed E-state index contributed by atoms with van der Waals surface area (Å²) in [7, 11) is 0. The van der Waals surface area contributed by atoms with E-state index in [1.54, 1.807) is 0 Å². The molecular weight excluding hydrogens is 476 g/mol. The first-order valence-corrected chi connectivity index (χ1v) is 11.5. The standard InChI is InChI=1S/C25H30O11/c1-14(18(34-16(3)26)15(2)13-17-7-5-4-6-8-17)9-10-23-11-12-24(36-23,21(29)30)25(33,22(31)32)19(35-23)20(27)28/h4-8,15,18-19,33H,1,9-13H2,2-3H3,(H,27,28)(H,29,30)(H,31,32)/t15-,18-,19+,23-,24-,25+/m0/s1. The minimum absolute atomic E-state index is 0.0879. The maximum absolute atomic E-state index is 12.1. The highest BCUT2D eigenvalue weighted by Gasteiger charge is 2.78. The Kier molecular flexibility index (Phi) is 7.58. The van der Waals surface area contributed by atoms with E-state index in [1.807, 2.05) is 37.3 Å². The number of aliphatic hydroxyl groups is 1. The van der Waals surface area contributed by atoms with Crippen LogP contribution in [0.1, 0.15) is 45.1 Å². The molecule has 1 aromatic rings. The van der Waals surface area contributed by atoms with Gasteiger partial charge < -0.3 is 34.6 Å². The Bertz CT molecular complexity index is 1050. The summed E-state index contributed by atoms with van der Waals surface area (Å²) in [5.74, 6) is -8.23. The van der Waals surface area contributed by atoms with Crippen molar-refractivity contribution in [3.05, 3.63) is 48.0 Å². The molecule has 0 amide bonds. The zero-order valence-corrected chi connectivity index (χ0v) is 20.0. The molecule has 0 aliphatic carbocycles. The van der Waals surface area contributed by atoms with Crippen LogP contribution in [0.5, 0.6) is 0 Å². The molecule has 36 heavy (non-hydrogen) atoms. The van der Waals surface area contributed by atoms with Crippen molar-refractivity contribution in [2.75, 3.05) is 0 Å². The third-order valence-electron chi connectivity index (χ3n) is 6.88. The Morgan fingerprint density at radius 2 is 1.75 bits per heavy atom. The highest BCUT2D eigenvalue weighted by atomic mass is 16.8. The second kappa shape index (κ2) is 10.00. The molecule has 4 N–H and O–H groups in total. The van der Waals surface area contributed by atoms with E-state index in [9.17, 15) is 39.6 Å². The quantitative estimate of drug-likeness (QED) is 0.254. The minimum Gasteiger partial charge on any atom is -0.479 e. The van der Waals surface area contributed by atoms with Crippen LogP contribution in [0.25, 0.3) is 0 Å². The van der Waals surface area contributed by atoms with Gasteiger partial charge in [0, 0.05) is 25.7 Å². The Hall–Kier alpha value is -3.28. The molecule has 0 aromatic heterocycles. The van der Waals surface area contributed by atoms with Gasteiger partial charge in [0.05, 0.1) is 0 Å². The summed E-state index contributed by atoms with van der Waals surface area (Å²) < 4.78 is 16.6. The van der Waals surface area contributed by atoms with Gasteiger partial charge in [-0.2, -0.15) is 0 Å². The smallest absolute Gasteiger partial charge is 0.342 e. The molecule has 2 aliphatic rings. The molecule has 0 spiro atoms. The number of hydrogen-bond donors (Lipinski definition) is 4. The summed E-state index contributed by atoms with van der Waals surface area (Å²) in [6.45, 7) is 7.19. The van der Waals surface area contributed by atoms with Crippen molar-refractivity contribution in [1.29, 1.82) is 0 Å². The maximum atomic E-state index is 12.1. The van der Waals surface area contributed by atoms with Crippen molar-refractivity contribution >= 4 is 23.9 Å². The Morgan fingerprint density at radius 1 is 1.11 bits per heavy atom. The summed E-state index contributed by atoms with van der Waals surface area (Å²) in [4.78, 5) is 47.6. The van der Waals surface area contributed by atoms with Crippen LogP contribution in [0, 0.1) is 5.92 Å². The van der Waals surface area contributed by atoms with Gasteiger partial charge in [0.15, 0.2) is 5.79 Å². The fourth-order valence-corrected chi connectivity index (χ4v) is 5.08. The van der Waals surface area contributed by atoms with Gasteiger partial charge in [0.2, 0.25) is 17.3 Å². The molecular formula is C25H30O11. The van der Waals surface area contributed by atoms with Crippen LogP contribution in [0.15, 0.2) is 42.5 Å². The normalized spacial score (nSPS) is 30.7. The number of ether oxygens (including phenoxy) is 3. The molecule has 2 heterocycles. The van der Waals surface area contributed by atoms with Crippen molar-refractivity contribution in [2.24, 2.45) is 5.92 Å². The van der Waals surface area contributed by atoms with E-state index in [0.717, 1.165) is 5.56 Å². The Morgan fingerprint density at radius 3 is 2.28 bits per heavy atom. The van der Waals surface area contributed by atoms with Gasteiger partial charge in [-0.1, -0.05) is 43.8 Å². The molecule has 0 unspecified atom stereocenters. The van der Waals surface area contributed by atoms with E-state index in [2.05, 4.69) is 6.58 Å². The number of benzene rings is 1. The molecule has 2 aliphatic heterocycles. The number of hydrogen-bond acceptors (Lipinski definition) is 8. The summed E-state index contributed by atoms with van der Waals surface area (Å²) in [6.07, 6.45) is -3.20. The number of carbonyl (C=O) groups excluding carboxylic acids is 1. The molecule has 3 rings (SSSR count). The molecule has 0 radical (unpaired) electrons. The number of aliphatic carboxylic acids is 3. The van der Waals surface area contributed by atoms with E-state index in [4.69, 9.17) is 14.2 Å². The molecule has 6 atom stereocenters. The van der Waals surface area contributed by atoms with Crippen LogP contribution in [-0.4, -0.2) is 73.5 Å². The topological polar surface area (TPSA) is 177 Å². The number of esters is 1. The third kappa shape index (κ3) is 4.73. The first-order chi connectivity index (χ1) is 16.8. The molecule has 2 bridgehead atoms. The molecule has 2 saturated heterocycles. The van der Waals surface area contributed by atoms with Gasteiger partial charge in [0.25, 0.3) is 0 Å². The molecule has 2 fully saturated rings. The van der Waals surface area contributed by atoms with Crippen LogP contribution in [-0.2, 0) is 39.8 Å². The van der Waals surface area contributed by atoms with Crippen molar-refractivity contribution in [3.8, 4) is 0 Å². The zero-order chi connectivity index (χ0) is 26.9. The van der Waals surface area contributed by atoms with E-state index >= 15 is 0 Å². The molecule has 196 valence electrons. The summed E-state index contributed by atoms with van der Waals surface area (Å²) in [6, 6.07) is 9.54. The van der Waals surface area contributed by atoms with Crippen LogP contribution < -0.4 is 0 Å². The lowest BCUT2D eigenvalue weighted by Crippen LogP contribution is -2.75. The van der Waals surface area contributed by atoms with Gasteiger partial charge in [-0.25, -0.2) is 14.4 Å². The lowest BCUT2D eigenvalue weighted by molar-refractivity contribution is -0.362. The average Bonchev–Trinajstić information content (AvgIpc) is 3.16. The first-order valence-electron chi connectivity index (χ1n) is 11.5. The summed E-state index contributed by atoms with van der Waals surface area (Å²) >= 11 is 0. The van der Waals surface area contributed by atoms with E-state index < -0.39 is 59.5 Å². The van der Waals surface area contributed by atoms with E-state index in [-0.39, 0.29) is 25.2 Å². The SMILES string of the molecule is C=C(CC[C@@]12CC[C@@](C(=O)O)(O1)[C@](O)(C(=O)O)[C@@H](C(=O)O)O2)[C@H](OC(C)=O)[C@@H](C)Cc1ccccc1. The van der Waals surface area contributed by atoms with Crippen molar-refractivity contribution in [1.82, 2.24) is 0 Å². The van der Waals surface area contributed by atoms with Gasteiger partial charge in [-0.3, -0.25) is 4.79 Å². The van der Waals surface area contributed by atoms with Crippen LogP contribution in [0.3, 0.4) is 0 Å². The average molecular weight is 507 g/mol. The lowest BCUT2D eigenvalue weighted by Gasteiger charge is -2.48. The molecule has 0 saturated carbocycles. The molecule has 11 nitrogen and oxygen atoms in total. The van der Waals surface area contributed by atoms with Crippen LogP contribution >= 0.6 is 0 Å². The molecule has 11 heteroatoms. The predicted molar refractivity (Wildman–Crippen MR) is 122 cm³/mol. The number of carbonyl (C=O) groups is 4. The summed E-state index contributed by atoms with van der Waals surface area (Å²) in [5, 5.41) is 39.8. The largest absolute Gasteiger partial charge is 0.479 e. The van der Waals surface area contributed by atoms with Gasteiger partial charge in [0.1, 0.15) is 6.10 Å². The first kappa shape index (κ1) is 27.3. The van der Waals surface area contributed by atoms with E-state index in [1.165, 1.54) is 6.92 Å². The fraction of sp³-hybridized carbons (Fsp3) is 0.520. The second-order valence-corrected chi connectivity index (χ2v) is 9.41. The lowest BCUT2D eigenvalue weighted by atomic mass is 9.76. The second-order valence-electron chi connectivity index (χ2n) is 9.41. The van der Waals surface area contributed by atoms with Crippen molar-refractivity contribution < 1.29 is 53.8 Å². The van der Waals surface area contributed by atoms with Crippen molar-refractivity contribution in [3.63, 3.8) is 0 Å². The number of carboxylic acid groups (broad SMARTS) is 3. The van der Waals surface area contributed by atoms with Gasteiger partial charge in [-0.05, 0) is 30.4 Å². The highest BCUT2D eigenvalue weighted by molar-refractivity contribution is 5.97. The Labute approximate surface area is 207 Å².